The molecule has 0 radical (unpaired) electrons. The molecule has 4 aromatic heterocycles. The zero-order valence-electron chi connectivity index (χ0n) is 28.7. The van der Waals surface area contributed by atoms with Crippen molar-refractivity contribution in [3.05, 3.63) is 47.5 Å². The van der Waals surface area contributed by atoms with Crippen LogP contribution in [-0.2, 0) is 0 Å². The number of aromatic nitrogens is 6. The summed E-state index contributed by atoms with van der Waals surface area (Å²) in [5.41, 5.74) is 6.28. The quantitative estimate of drug-likeness (QED) is 0.174. The van der Waals surface area contributed by atoms with Gasteiger partial charge >= 0.3 is 12.4 Å². The van der Waals surface area contributed by atoms with E-state index in [4.69, 9.17) is 15.2 Å². The maximum atomic E-state index is 16.5. The van der Waals surface area contributed by atoms with Crippen molar-refractivity contribution in [2.75, 3.05) is 44.0 Å². The van der Waals surface area contributed by atoms with Gasteiger partial charge in [-0.2, -0.15) is 15.1 Å². The van der Waals surface area contributed by atoms with Gasteiger partial charge in [0, 0.05) is 29.7 Å². The number of benzene rings is 1. The van der Waals surface area contributed by atoms with E-state index in [2.05, 4.69) is 53.6 Å². The smallest absolute Gasteiger partial charge is 0.475 e. The summed E-state index contributed by atoms with van der Waals surface area (Å²) in [6, 6.07) is 4.93. The van der Waals surface area contributed by atoms with E-state index in [-0.39, 0.29) is 58.3 Å². The van der Waals surface area contributed by atoms with Crippen LogP contribution in [0.3, 0.4) is 0 Å². The number of halogens is 5. The fraction of sp³-hybridized carbons (Fsp3) is 0.441. The molecule has 0 aliphatic carbocycles. The number of fused-ring (bicyclic) bond motifs is 1. The summed E-state index contributed by atoms with van der Waals surface area (Å²) in [5.74, 6) is -1.16. The number of alkyl halides is 4. The van der Waals surface area contributed by atoms with Crippen LogP contribution >= 0.6 is 0 Å². The van der Waals surface area contributed by atoms with Crippen molar-refractivity contribution in [2.24, 2.45) is 0 Å². The summed E-state index contributed by atoms with van der Waals surface area (Å²) in [5, 5.41) is 6.90. The molecule has 3 atom stereocenters. The second kappa shape index (κ2) is 14.3. The first-order chi connectivity index (χ1) is 24.3. The van der Waals surface area contributed by atoms with Gasteiger partial charge in [-0.05, 0) is 50.9 Å². The van der Waals surface area contributed by atoms with Gasteiger partial charge in [0.2, 0.25) is 5.88 Å². The lowest BCUT2D eigenvalue weighted by Gasteiger charge is -2.30. The predicted molar refractivity (Wildman–Crippen MR) is 181 cm³/mol. The van der Waals surface area contributed by atoms with Gasteiger partial charge in [0.05, 0.1) is 37.0 Å². The number of methoxy groups -OCH3 is 1. The Hall–Kier alpha value is -5.06. The average Bonchev–Trinajstić information content (AvgIpc) is 3.67. The standard InChI is InChI=1S/C26H22F4N8O3.C8H16FN/c1-11-9-15-14(10-33-37-15)16(21(11)41-26(28,29)30)19-18(27)20-17-23(36-25(35-20)39-3)38(7-8-40-24(17)34-19)12(2)13-5-4-6-32-22(13)31;1-3-8-5-7(9)6-10(8)4-2/h4-6,9-10,12H,7-8H2,1-3H3,(H2,31,32)(H,33,37);7-8H,3-6H2,1-2H3. The van der Waals surface area contributed by atoms with E-state index in [1.165, 1.54) is 26.3 Å². The monoisotopic (exact) mass is 715 g/mol. The third-order valence-corrected chi connectivity index (χ3v) is 9.22. The van der Waals surface area contributed by atoms with Gasteiger partial charge in [-0.25, -0.2) is 18.7 Å². The van der Waals surface area contributed by atoms with E-state index in [0.717, 1.165) is 19.4 Å². The highest BCUT2D eigenvalue weighted by Crippen LogP contribution is 2.46. The topological polar surface area (TPSA) is 140 Å². The number of pyridine rings is 2. The van der Waals surface area contributed by atoms with Crippen molar-refractivity contribution in [2.45, 2.75) is 65.2 Å². The number of ether oxygens (including phenoxy) is 3. The number of aromatic amines is 1. The lowest BCUT2D eigenvalue weighted by Crippen LogP contribution is -2.31. The Bertz CT molecular complexity index is 2030. The lowest BCUT2D eigenvalue weighted by atomic mass is 10.00. The van der Waals surface area contributed by atoms with Gasteiger partial charge in [0.15, 0.2) is 5.82 Å². The second-order valence-electron chi connectivity index (χ2n) is 12.3. The van der Waals surface area contributed by atoms with Crippen LogP contribution in [0.25, 0.3) is 33.1 Å². The molecular weight excluding hydrogens is 677 g/mol. The van der Waals surface area contributed by atoms with E-state index >= 15 is 4.39 Å². The molecule has 2 aliphatic rings. The second-order valence-corrected chi connectivity index (χ2v) is 12.3. The molecule has 3 N–H and O–H groups in total. The van der Waals surface area contributed by atoms with Crippen LogP contribution < -0.4 is 24.8 Å². The molecule has 0 amide bonds. The number of H-pyrrole nitrogens is 1. The molecule has 6 heterocycles. The molecule has 17 heteroatoms. The van der Waals surface area contributed by atoms with Crippen molar-refractivity contribution >= 4 is 33.4 Å². The van der Waals surface area contributed by atoms with Crippen molar-refractivity contribution in [3.8, 4) is 28.9 Å². The number of hydrogen-bond acceptors (Lipinski definition) is 11. The molecule has 0 bridgehead atoms. The fourth-order valence-electron chi connectivity index (χ4n) is 6.77. The summed E-state index contributed by atoms with van der Waals surface area (Å²) in [4.78, 5) is 21.3. The molecule has 1 aromatic carbocycles. The van der Waals surface area contributed by atoms with Crippen LogP contribution in [-0.4, -0.2) is 87.0 Å². The average molecular weight is 716 g/mol. The molecule has 1 saturated heterocycles. The van der Waals surface area contributed by atoms with Crippen LogP contribution in [0.1, 0.15) is 50.8 Å². The van der Waals surface area contributed by atoms with Gasteiger partial charge in [-0.3, -0.25) is 10.00 Å². The SMILES string of the molecule is CCC1CC(F)CN1CC.COc1nc2c3c(nc(-c4c(OC(F)(F)F)c(C)cc5[nH]ncc45)c(F)c3n1)OCCN2C(C)c1cccnc1N. The Morgan fingerprint density at radius 3 is 2.65 bits per heavy atom. The van der Waals surface area contributed by atoms with E-state index in [9.17, 15) is 17.6 Å². The Morgan fingerprint density at radius 1 is 1.20 bits per heavy atom. The summed E-state index contributed by atoms with van der Waals surface area (Å²) < 4.78 is 85.4. The van der Waals surface area contributed by atoms with Gasteiger partial charge in [0.1, 0.15) is 46.8 Å². The molecule has 3 unspecified atom stereocenters. The number of nitrogens with two attached hydrogens (primary N) is 1. The van der Waals surface area contributed by atoms with Crippen molar-refractivity contribution in [1.82, 2.24) is 35.0 Å². The number of aryl methyl sites for hydroxylation is 1. The lowest BCUT2D eigenvalue weighted by molar-refractivity contribution is -0.274. The van der Waals surface area contributed by atoms with E-state index in [1.807, 2.05) is 17.9 Å². The number of nitrogens with zero attached hydrogens (tertiary/aromatic N) is 7. The highest BCUT2D eigenvalue weighted by atomic mass is 19.4. The number of nitrogens with one attached hydrogen (secondary N) is 1. The molecule has 12 nitrogen and oxygen atoms in total. The van der Waals surface area contributed by atoms with Crippen LogP contribution in [0.5, 0.6) is 17.6 Å². The molecule has 7 rings (SSSR count). The largest absolute Gasteiger partial charge is 0.573 e. The molecular formula is C34H38F5N9O3. The summed E-state index contributed by atoms with van der Waals surface area (Å²) in [6.07, 6.45) is -0.942. The van der Waals surface area contributed by atoms with Crippen LogP contribution in [0, 0.1) is 12.7 Å². The number of hydrogen-bond donors (Lipinski definition) is 2. The highest BCUT2D eigenvalue weighted by Gasteiger charge is 2.37. The molecule has 1 fully saturated rings. The Balaban J connectivity index is 0.000000388. The first-order valence-corrected chi connectivity index (χ1v) is 16.5. The maximum absolute atomic E-state index is 16.5. The fourth-order valence-corrected chi connectivity index (χ4v) is 6.77. The zero-order valence-corrected chi connectivity index (χ0v) is 28.7. The summed E-state index contributed by atoms with van der Waals surface area (Å²) in [7, 11) is 1.32. The van der Waals surface area contributed by atoms with E-state index < -0.39 is 35.8 Å². The first kappa shape index (κ1) is 35.8. The van der Waals surface area contributed by atoms with Crippen LogP contribution in [0.15, 0.2) is 30.6 Å². The minimum Gasteiger partial charge on any atom is -0.475 e. The van der Waals surface area contributed by atoms with E-state index in [1.54, 1.807) is 12.3 Å². The molecule has 2 aliphatic heterocycles. The van der Waals surface area contributed by atoms with Crippen molar-refractivity contribution in [3.63, 3.8) is 0 Å². The van der Waals surface area contributed by atoms with E-state index in [0.29, 0.717) is 29.5 Å². The molecule has 51 heavy (non-hydrogen) atoms. The number of anilines is 2. The molecule has 272 valence electrons. The maximum Gasteiger partial charge on any atom is 0.573 e. The molecule has 0 spiro atoms. The Kier molecular flexibility index (Phi) is 10.0. The molecule has 0 saturated carbocycles. The number of rotatable bonds is 7. The van der Waals surface area contributed by atoms with Gasteiger partial charge in [-0.15, -0.1) is 13.2 Å². The summed E-state index contributed by atoms with van der Waals surface area (Å²) in [6.45, 7) is 9.52. The zero-order chi connectivity index (χ0) is 36.6. The normalized spacial score (nSPS) is 18.3. The van der Waals surface area contributed by atoms with Crippen molar-refractivity contribution in [1.29, 1.82) is 0 Å². The predicted octanol–water partition coefficient (Wildman–Crippen LogP) is 6.69. The van der Waals surface area contributed by atoms with Gasteiger partial charge < -0.3 is 24.8 Å². The third-order valence-electron chi connectivity index (χ3n) is 9.22. The third kappa shape index (κ3) is 6.98. The van der Waals surface area contributed by atoms with Gasteiger partial charge in [-0.1, -0.05) is 19.9 Å². The Labute approximate surface area is 290 Å². The summed E-state index contributed by atoms with van der Waals surface area (Å²) >= 11 is 0. The number of nitrogen functional groups attached to an aromatic ring is 1. The Morgan fingerprint density at radius 2 is 1.98 bits per heavy atom. The first-order valence-electron chi connectivity index (χ1n) is 16.5. The van der Waals surface area contributed by atoms with Crippen LogP contribution in [0.2, 0.25) is 0 Å². The number of likely N-dealkylation sites (tertiary alicyclic amines) is 1. The minimum absolute atomic E-state index is 0.0704. The van der Waals surface area contributed by atoms with Crippen LogP contribution in [0.4, 0.5) is 33.6 Å². The van der Waals surface area contributed by atoms with Crippen molar-refractivity contribution < 1.29 is 36.2 Å². The molecule has 5 aromatic rings. The highest BCUT2D eigenvalue weighted by molar-refractivity contribution is 6.02. The van der Waals surface area contributed by atoms with Gasteiger partial charge in [0.25, 0.3) is 0 Å². The minimum atomic E-state index is -5.06.